The quantitative estimate of drug-likeness (QED) is 0.242. The van der Waals surface area contributed by atoms with E-state index in [-0.39, 0.29) is 16.4 Å². The molecule has 0 heterocycles. The largest absolute Gasteiger partial charge is 0.497 e. The Morgan fingerprint density at radius 2 is 1.71 bits per heavy atom. The average molecular weight is 594 g/mol. The number of nitrogens with zero attached hydrogens (tertiary/aromatic N) is 1. The molecule has 6 nitrogen and oxygen atoms in total. The summed E-state index contributed by atoms with van der Waals surface area (Å²) in [5, 5.41) is 0. The average Bonchev–Trinajstić information content (AvgIpc) is 3.29. The Balaban J connectivity index is 1.31. The van der Waals surface area contributed by atoms with Gasteiger partial charge in [0.2, 0.25) is 5.90 Å². The van der Waals surface area contributed by atoms with Crippen molar-refractivity contribution in [2.45, 2.75) is 113 Å². The topological polar surface area (TPSA) is 74.2 Å². The molecule has 0 N–H and O–H groups in total. The molecule has 2 aromatic rings. The third-order valence-electron chi connectivity index (χ3n) is 11.4. The normalized spacial score (nSPS) is 31.6. The van der Waals surface area contributed by atoms with E-state index in [1.807, 2.05) is 26.2 Å². The molecule has 0 aliphatic heterocycles. The lowest BCUT2D eigenvalue weighted by molar-refractivity contribution is -0.124. The number of hydrogen-bond donors (Lipinski definition) is 0. The fraction of sp³-hybridized carbons (Fsp3) is 0.629. The van der Waals surface area contributed by atoms with Crippen molar-refractivity contribution in [2.24, 2.45) is 21.6 Å². The van der Waals surface area contributed by atoms with Crippen molar-refractivity contribution in [1.82, 2.24) is 0 Å². The van der Waals surface area contributed by atoms with Gasteiger partial charge in [-0.3, -0.25) is 0 Å². The highest BCUT2D eigenvalue weighted by molar-refractivity contribution is 7.90. The molecule has 0 bridgehead atoms. The second kappa shape index (κ2) is 11.6. The lowest BCUT2D eigenvalue weighted by atomic mass is 9.53. The van der Waals surface area contributed by atoms with Crippen LogP contribution in [0.25, 0.3) is 0 Å². The third kappa shape index (κ3) is 5.29. The molecule has 0 saturated heterocycles. The summed E-state index contributed by atoms with van der Waals surface area (Å²) < 4.78 is 50.1. The Morgan fingerprint density at radius 3 is 2.43 bits per heavy atom. The first-order valence-corrected chi connectivity index (χ1v) is 17.4. The minimum Gasteiger partial charge on any atom is -0.497 e. The molecule has 0 amide bonds. The maximum Gasteiger partial charge on any atom is 0.285 e. The molecule has 5 atom stereocenters. The van der Waals surface area contributed by atoms with Gasteiger partial charge in [0, 0.05) is 12.5 Å². The summed E-state index contributed by atoms with van der Waals surface area (Å²) in [6.07, 6.45) is 12.1. The van der Waals surface area contributed by atoms with Gasteiger partial charge >= 0.3 is 0 Å². The van der Waals surface area contributed by atoms with Gasteiger partial charge < -0.3 is 14.2 Å². The molecule has 3 saturated carbocycles. The van der Waals surface area contributed by atoms with Crippen molar-refractivity contribution >= 4 is 15.9 Å². The summed E-state index contributed by atoms with van der Waals surface area (Å²) in [7, 11) is -0.360. The zero-order chi connectivity index (χ0) is 29.5. The molecule has 0 radical (unpaired) electrons. The van der Waals surface area contributed by atoms with Gasteiger partial charge in [0.25, 0.3) is 10.0 Å². The number of aryl methyl sites for hydroxylation is 2. The van der Waals surface area contributed by atoms with Crippen LogP contribution < -0.4 is 4.74 Å². The maximum atomic E-state index is 13.6. The predicted octanol–water partition coefficient (Wildman–Crippen LogP) is 7.77. The van der Waals surface area contributed by atoms with Crippen molar-refractivity contribution in [3.05, 3.63) is 59.2 Å². The standard InChI is InChI=1S/C35H47NO5S/c1-24-10-14-28(15-11-24)42(37,38)36-33(41-26-8-6-5-7-9-26)23-35(40-4)21-19-32-31-16-12-25-22-27(39-3)13-17-29(25)30(31)18-20-34(32,35)2/h10-11,13-15,17,22,26,30-32H,5-9,12,16,18-21,23H2,1-4H3/t30-,31-,32+,34+,35-/m1/s1. The molecule has 4 aliphatic carbocycles. The Kier molecular flexibility index (Phi) is 8.20. The molecule has 0 unspecified atom stereocenters. The summed E-state index contributed by atoms with van der Waals surface area (Å²) in [4.78, 5) is 0.206. The summed E-state index contributed by atoms with van der Waals surface area (Å²) in [5.74, 6) is 2.93. The van der Waals surface area contributed by atoms with Crippen molar-refractivity contribution in [1.29, 1.82) is 0 Å². The van der Waals surface area contributed by atoms with Crippen LogP contribution in [0.1, 0.15) is 100 Å². The monoisotopic (exact) mass is 593 g/mol. The van der Waals surface area contributed by atoms with Crippen LogP contribution in [0.5, 0.6) is 5.75 Å². The van der Waals surface area contributed by atoms with E-state index < -0.39 is 15.6 Å². The Morgan fingerprint density at radius 1 is 0.952 bits per heavy atom. The van der Waals surface area contributed by atoms with E-state index in [0.29, 0.717) is 30.1 Å². The van der Waals surface area contributed by atoms with E-state index >= 15 is 0 Å². The molecule has 3 fully saturated rings. The molecule has 4 aliphatic rings. The zero-order valence-corrected chi connectivity index (χ0v) is 26.5. The van der Waals surface area contributed by atoms with Gasteiger partial charge in [-0.05, 0) is 124 Å². The zero-order valence-electron chi connectivity index (χ0n) is 25.7. The van der Waals surface area contributed by atoms with E-state index in [4.69, 9.17) is 14.2 Å². The molecular weight excluding hydrogens is 546 g/mol. The molecule has 0 aromatic heterocycles. The van der Waals surface area contributed by atoms with E-state index in [2.05, 4.69) is 29.5 Å². The van der Waals surface area contributed by atoms with Crippen molar-refractivity contribution in [2.75, 3.05) is 14.2 Å². The van der Waals surface area contributed by atoms with Crippen molar-refractivity contribution in [3.63, 3.8) is 0 Å². The van der Waals surface area contributed by atoms with Crippen LogP contribution in [0.3, 0.4) is 0 Å². The van der Waals surface area contributed by atoms with Crippen LogP contribution in [0.4, 0.5) is 0 Å². The Hall–Kier alpha value is -2.38. The van der Waals surface area contributed by atoms with E-state index in [9.17, 15) is 8.42 Å². The number of benzene rings is 2. The third-order valence-corrected chi connectivity index (χ3v) is 12.8. The highest BCUT2D eigenvalue weighted by Gasteiger charge is 2.63. The predicted molar refractivity (Wildman–Crippen MR) is 166 cm³/mol. The SMILES string of the molecule is COc1ccc2c(c1)CC[C@@H]1[C@@H]2CC[C@@]2(C)[C@H]1CC[C@]2(CC(=NS(=O)(=O)c1ccc(C)cc1)OC1CCCCC1)OC. The van der Waals surface area contributed by atoms with E-state index in [1.165, 1.54) is 24.0 Å². The van der Waals surface area contributed by atoms with Crippen LogP contribution in [0, 0.1) is 24.2 Å². The molecule has 228 valence electrons. The number of sulfonamides is 1. The van der Waals surface area contributed by atoms with Gasteiger partial charge in [-0.2, -0.15) is 8.42 Å². The fourth-order valence-corrected chi connectivity index (χ4v) is 10.0. The van der Waals surface area contributed by atoms with Crippen LogP contribution >= 0.6 is 0 Å². The maximum absolute atomic E-state index is 13.6. The minimum absolute atomic E-state index is 0.00667. The lowest BCUT2D eigenvalue weighted by Crippen LogP contribution is -2.53. The number of methoxy groups -OCH3 is 2. The van der Waals surface area contributed by atoms with Gasteiger partial charge in [-0.15, -0.1) is 4.40 Å². The number of fused-ring (bicyclic) bond motifs is 5. The second-order valence-electron chi connectivity index (χ2n) is 13.5. The van der Waals surface area contributed by atoms with Gasteiger partial charge in [0.1, 0.15) is 11.9 Å². The van der Waals surface area contributed by atoms with Crippen LogP contribution in [0.2, 0.25) is 0 Å². The number of rotatable bonds is 7. The van der Waals surface area contributed by atoms with Gasteiger partial charge in [-0.25, -0.2) is 0 Å². The van der Waals surface area contributed by atoms with E-state index in [0.717, 1.165) is 69.1 Å². The molecule has 6 rings (SSSR count). The van der Waals surface area contributed by atoms with Crippen LogP contribution in [-0.4, -0.2) is 40.2 Å². The van der Waals surface area contributed by atoms with Gasteiger partial charge in [-0.1, -0.05) is 37.1 Å². The Labute approximate surface area is 252 Å². The van der Waals surface area contributed by atoms with Crippen LogP contribution in [-0.2, 0) is 25.9 Å². The van der Waals surface area contributed by atoms with Crippen molar-refractivity contribution < 1.29 is 22.6 Å². The first-order chi connectivity index (χ1) is 20.2. The number of ether oxygens (including phenoxy) is 3. The molecular formula is C35H47NO5S. The molecule has 7 heteroatoms. The highest BCUT2D eigenvalue weighted by atomic mass is 32.2. The summed E-state index contributed by atoms with van der Waals surface area (Å²) in [6, 6.07) is 13.6. The molecule has 0 spiro atoms. The first kappa shape index (κ1) is 29.7. The second-order valence-corrected chi connectivity index (χ2v) is 15.1. The Bertz CT molecular complexity index is 1410. The first-order valence-electron chi connectivity index (χ1n) is 16.0. The van der Waals surface area contributed by atoms with Gasteiger partial charge in [0.15, 0.2) is 0 Å². The highest BCUT2D eigenvalue weighted by Crippen LogP contribution is 2.66. The summed E-state index contributed by atoms with van der Waals surface area (Å²) >= 11 is 0. The van der Waals surface area contributed by atoms with Gasteiger partial charge in [0.05, 0.1) is 24.0 Å². The molecule has 42 heavy (non-hydrogen) atoms. The lowest BCUT2D eigenvalue weighted by Gasteiger charge is -2.54. The molecule has 2 aromatic carbocycles. The van der Waals surface area contributed by atoms with E-state index in [1.54, 1.807) is 19.2 Å². The van der Waals surface area contributed by atoms with Crippen LogP contribution in [0.15, 0.2) is 51.8 Å². The fourth-order valence-electron chi connectivity index (χ4n) is 9.09. The number of hydrogen-bond acceptors (Lipinski definition) is 5. The van der Waals surface area contributed by atoms with Crippen molar-refractivity contribution in [3.8, 4) is 5.75 Å². The smallest absolute Gasteiger partial charge is 0.285 e. The summed E-state index contributed by atoms with van der Waals surface area (Å²) in [6.45, 7) is 4.36. The minimum atomic E-state index is -3.91. The summed E-state index contributed by atoms with van der Waals surface area (Å²) in [5.41, 5.74) is 3.35.